The van der Waals surface area contributed by atoms with Gasteiger partial charge in [0.25, 0.3) is 0 Å². The lowest BCUT2D eigenvalue weighted by molar-refractivity contribution is -0.227. The third kappa shape index (κ3) is 4.65. The summed E-state index contributed by atoms with van der Waals surface area (Å²) >= 11 is 5.89. The molecule has 20 heavy (non-hydrogen) atoms. The van der Waals surface area contributed by atoms with Gasteiger partial charge in [0.1, 0.15) is 0 Å². The van der Waals surface area contributed by atoms with Crippen molar-refractivity contribution < 1.29 is 17.9 Å². The van der Waals surface area contributed by atoms with Crippen LogP contribution >= 0.6 is 11.6 Å². The molecule has 1 aliphatic rings. The fraction of sp³-hybridized carbons (Fsp3) is 0.571. The van der Waals surface area contributed by atoms with Gasteiger partial charge < -0.3 is 10.1 Å². The van der Waals surface area contributed by atoms with E-state index in [1.165, 1.54) is 0 Å². The topological polar surface area (TPSA) is 21.3 Å². The van der Waals surface area contributed by atoms with Gasteiger partial charge in [-0.05, 0) is 37.5 Å². The number of benzene rings is 1. The molecule has 2 atom stereocenters. The molecule has 0 spiro atoms. The second-order valence-corrected chi connectivity index (χ2v) is 5.48. The van der Waals surface area contributed by atoms with E-state index in [-0.39, 0.29) is 0 Å². The van der Waals surface area contributed by atoms with E-state index < -0.39 is 18.4 Å². The van der Waals surface area contributed by atoms with Crippen LogP contribution in [0.2, 0.25) is 5.02 Å². The van der Waals surface area contributed by atoms with Crippen molar-refractivity contribution in [2.24, 2.45) is 0 Å². The number of alkyl halides is 3. The SMILES string of the molecule is CC(OC(CNC1CC1)c1cccc(Cl)c1)C(F)(F)F. The van der Waals surface area contributed by atoms with Gasteiger partial charge >= 0.3 is 6.18 Å². The van der Waals surface area contributed by atoms with Crippen molar-refractivity contribution in [3.8, 4) is 0 Å². The number of hydrogen-bond donors (Lipinski definition) is 1. The molecule has 2 nitrogen and oxygen atoms in total. The van der Waals surface area contributed by atoms with Crippen molar-refractivity contribution in [3.05, 3.63) is 34.9 Å². The van der Waals surface area contributed by atoms with Crippen molar-refractivity contribution in [1.29, 1.82) is 0 Å². The number of hydrogen-bond acceptors (Lipinski definition) is 2. The highest BCUT2D eigenvalue weighted by molar-refractivity contribution is 6.30. The molecule has 1 saturated carbocycles. The number of nitrogens with one attached hydrogen (secondary N) is 1. The van der Waals surface area contributed by atoms with Gasteiger partial charge in [0.15, 0.2) is 6.10 Å². The van der Waals surface area contributed by atoms with Gasteiger partial charge in [0, 0.05) is 17.6 Å². The predicted octanol–water partition coefficient (Wildman–Crippen LogP) is 4.10. The molecule has 2 unspecified atom stereocenters. The van der Waals surface area contributed by atoms with Gasteiger partial charge in [-0.15, -0.1) is 0 Å². The molecule has 2 rings (SSSR count). The van der Waals surface area contributed by atoms with E-state index in [1.54, 1.807) is 24.3 Å². The smallest absolute Gasteiger partial charge is 0.360 e. The van der Waals surface area contributed by atoms with Gasteiger partial charge in [0.05, 0.1) is 6.10 Å². The maximum absolute atomic E-state index is 12.6. The molecule has 1 aromatic carbocycles. The molecule has 0 radical (unpaired) electrons. The lowest BCUT2D eigenvalue weighted by atomic mass is 10.1. The zero-order valence-corrected chi connectivity index (χ0v) is 11.8. The monoisotopic (exact) mass is 307 g/mol. The lowest BCUT2D eigenvalue weighted by Crippen LogP contribution is -2.34. The Balaban J connectivity index is 2.06. The van der Waals surface area contributed by atoms with E-state index in [0.717, 1.165) is 19.8 Å². The molecule has 0 aliphatic heterocycles. The lowest BCUT2D eigenvalue weighted by Gasteiger charge is -2.25. The second kappa shape index (κ2) is 6.33. The summed E-state index contributed by atoms with van der Waals surface area (Å²) in [6, 6.07) is 7.17. The first kappa shape index (κ1) is 15.6. The van der Waals surface area contributed by atoms with Crippen molar-refractivity contribution in [3.63, 3.8) is 0 Å². The van der Waals surface area contributed by atoms with E-state index in [2.05, 4.69) is 5.32 Å². The normalized spacial score (nSPS) is 18.9. The van der Waals surface area contributed by atoms with Crippen molar-refractivity contribution in [2.45, 2.75) is 44.2 Å². The fourth-order valence-electron chi connectivity index (χ4n) is 1.84. The van der Waals surface area contributed by atoms with Gasteiger partial charge in [0.2, 0.25) is 0 Å². The maximum Gasteiger partial charge on any atom is 0.414 e. The first-order valence-corrected chi connectivity index (χ1v) is 6.95. The maximum atomic E-state index is 12.6. The summed E-state index contributed by atoms with van der Waals surface area (Å²) in [5.74, 6) is 0. The summed E-state index contributed by atoms with van der Waals surface area (Å²) in [4.78, 5) is 0. The molecule has 6 heteroatoms. The quantitative estimate of drug-likeness (QED) is 0.854. The first-order valence-electron chi connectivity index (χ1n) is 6.57. The molecule has 1 aliphatic carbocycles. The minimum absolute atomic E-state index is 0.353. The van der Waals surface area contributed by atoms with E-state index in [0.29, 0.717) is 23.2 Å². The Kier molecular flexibility index (Phi) is 4.94. The van der Waals surface area contributed by atoms with Gasteiger partial charge in [-0.1, -0.05) is 23.7 Å². The van der Waals surface area contributed by atoms with Crippen LogP contribution in [0.1, 0.15) is 31.4 Å². The van der Waals surface area contributed by atoms with Crippen LogP contribution in [-0.2, 0) is 4.74 Å². The van der Waals surface area contributed by atoms with Gasteiger partial charge in [-0.2, -0.15) is 13.2 Å². The highest BCUT2D eigenvalue weighted by atomic mass is 35.5. The average Bonchev–Trinajstić information content (AvgIpc) is 3.16. The van der Waals surface area contributed by atoms with Crippen LogP contribution in [0.4, 0.5) is 13.2 Å². The third-order valence-electron chi connectivity index (χ3n) is 3.22. The Morgan fingerprint density at radius 3 is 2.65 bits per heavy atom. The molecule has 0 bridgehead atoms. The fourth-order valence-corrected chi connectivity index (χ4v) is 2.03. The minimum Gasteiger partial charge on any atom is -0.360 e. The standard InChI is InChI=1S/C14H17ClF3NO/c1-9(14(16,17)18)20-13(8-19-12-5-6-12)10-3-2-4-11(15)7-10/h2-4,7,9,12-13,19H,5-6,8H2,1H3. The number of ether oxygens (including phenoxy) is 1. The molecule has 1 N–H and O–H groups in total. The first-order chi connectivity index (χ1) is 9.36. The molecular weight excluding hydrogens is 291 g/mol. The van der Waals surface area contributed by atoms with Crippen LogP contribution in [0, 0.1) is 0 Å². The Bertz CT molecular complexity index is 448. The predicted molar refractivity (Wildman–Crippen MR) is 71.8 cm³/mol. The summed E-state index contributed by atoms with van der Waals surface area (Å²) in [5.41, 5.74) is 0.654. The molecule has 0 aromatic heterocycles. The molecule has 1 fully saturated rings. The summed E-state index contributed by atoms with van der Waals surface area (Å²) in [6.45, 7) is 1.38. The molecule has 1 aromatic rings. The summed E-state index contributed by atoms with van der Waals surface area (Å²) in [5, 5.41) is 3.68. The van der Waals surface area contributed by atoms with E-state index in [4.69, 9.17) is 16.3 Å². The number of halogens is 4. The number of rotatable bonds is 6. The van der Waals surface area contributed by atoms with E-state index >= 15 is 0 Å². The van der Waals surface area contributed by atoms with E-state index in [9.17, 15) is 13.2 Å². The summed E-state index contributed by atoms with van der Waals surface area (Å²) < 4.78 is 43.1. The molecule has 0 heterocycles. The van der Waals surface area contributed by atoms with Crippen LogP contribution in [-0.4, -0.2) is 24.9 Å². The highest BCUT2D eigenvalue weighted by Gasteiger charge is 2.39. The molecule has 0 amide bonds. The highest BCUT2D eigenvalue weighted by Crippen LogP contribution is 2.30. The largest absolute Gasteiger partial charge is 0.414 e. The van der Waals surface area contributed by atoms with Crippen LogP contribution in [0.15, 0.2) is 24.3 Å². The zero-order chi connectivity index (χ0) is 14.8. The van der Waals surface area contributed by atoms with Crippen molar-refractivity contribution >= 4 is 11.6 Å². The molecular formula is C14H17ClF3NO. The molecule has 0 saturated heterocycles. The Hall–Kier alpha value is -0.780. The summed E-state index contributed by atoms with van der Waals surface area (Å²) in [7, 11) is 0. The second-order valence-electron chi connectivity index (χ2n) is 5.05. The zero-order valence-electron chi connectivity index (χ0n) is 11.1. The van der Waals surface area contributed by atoms with Crippen LogP contribution in [0.3, 0.4) is 0 Å². The minimum atomic E-state index is -4.36. The van der Waals surface area contributed by atoms with Gasteiger partial charge in [-0.25, -0.2) is 0 Å². The summed E-state index contributed by atoms with van der Waals surface area (Å²) in [6.07, 6.45) is -4.71. The van der Waals surface area contributed by atoms with E-state index in [1.807, 2.05) is 0 Å². The molecule has 112 valence electrons. The Labute approximate surface area is 121 Å². The van der Waals surface area contributed by atoms with Crippen LogP contribution in [0.5, 0.6) is 0 Å². The Morgan fingerprint density at radius 2 is 2.10 bits per heavy atom. The van der Waals surface area contributed by atoms with Crippen LogP contribution in [0.25, 0.3) is 0 Å². The van der Waals surface area contributed by atoms with Crippen molar-refractivity contribution in [2.75, 3.05) is 6.54 Å². The third-order valence-corrected chi connectivity index (χ3v) is 3.45. The average molecular weight is 308 g/mol. The van der Waals surface area contributed by atoms with Crippen molar-refractivity contribution in [1.82, 2.24) is 5.32 Å². The van der Waals surface area contributed by atoms with Gasteiger partial charge in [-0.3, -0.25) is 0 Å². The van der Waals surface area contributed by atoms with Crippen LogP contribution < -0.4 is 5.32 Å². The Morgan fingerprint density at radius 1 is 1.40 bits per heavy atom.